The molecule has 1 aliphatic carbocycles. The molecule has 1 aliphatic rings. The highest BCUT2D eigenvalue weighted by molar-refractivity contribution is 5.43. The third-order valence-electron chi connectivity index (χ3n) is 3.72. The van der Waals surface area contributed by atoms with Gasteiger partial charge in [0.25, 0.3) is 0 Å². The Hall–Kier alpha value is -1.74. The first-order valence-corrected chi connectivity index (χ1v) is 6.38. The van der Waals surface area contributed by atoms with Gasteiger partial charge < -0.3 is 15.5 Å². The Balaban J connectivity index is 1.60. The van der Waals surface area contributed by atoms with Crippen molar-refractivity contribution in [3.63, 3.8) is 0 Å². The van der Waals surface area contributed by atoms with Crippen molar-refractivity contribution < 1.29 is 4.42 Å². The summed E-state index contributed by atoms with van der Waals surface area (Å²) in [5, 5.41) is 3.48. The van der Waals surface area contributed by atoms with E-state index in [0.717, 1.165) is 24.5 Å². The van der Waals surface area contributed by atoms with Crippen LogP contribution in [0.15, 0.2) is 47.1 Å². The molecular weight excluding hydrogens is 224 g/mol. The number of nitrogens with two attached hydrogens (primary N) is 1. The van der Waals surface area contributed by atoms with Crippen LogP contribution in [0.25, 0.3) is 0 Å². The van der Waals surface area contributed by atoms with Crippen LogP contribution in [-0.4, -0.2) is 6.54 Å². The lowest BCUT2D eigenvalue weighted by Crippen LogP contribution is -2.26. The summed E-state index contributed by atoms with van der Waals surface area (Å²) in [6.45, 7) is 1.79. The molecule has 1 aromatic carbocycles. The Morgan fingerprint density at radius 3 is 2.56 bits per heavy atom. The van der Waals surface area contributed by atoms with Crippen LogP contribution >= 0.6 is 0 Å². The second-order valence-corrected chi connectivity index (χ2v) is 5.09. The van der Waals surface area contributed by atoms with Gasteiger partial charge in [-0.25, -0.2) is 0 Å². The average Bonchev–Trinajstić information content (AvgIpc) is 2.98. The van der Waals surface area contributed by atoms with Crippen molar-refractivity contribution in [2.24, 2.45) is 0 Å². The zero-order valence-electron chi connectivity index (χ0n) is 10.4. The number of nitrogen functional groups attached to an aromatic ring is 1. The summed E-state index contributed by atoms with van der Waals surface area (Å²) < 4.78 is 5.31. The summed E-state index contributed by atoms with van der Waals surface area (Å²) in [5.41, 5.74) is 8.27. The van der Waals surface area contributed by atoms with Gasteiger partial charge in [-0.3, -0.25) is 0 Å². The van der Waals surface area contributed by atoms with Crippen molar-refractivity contribution in [2.45, 2.75) is 24.8 Å². The van der Waals surface area contributed by atoms with E-state index in [1.807, 2.05) is 24.3 Å². The molecule has 1 fully saturated rings. The molecule has 3 rings (SSSR count). The molecule has 0 aliphatic heterocycles. The number of furan rings is 1. The minimum absolute atomic E-state index is 0.320. The normalized spacial score (nSPS) is 16.7. The first-order chi connectivity index (χ1) is 8.78. The Labute approximate surface area is 107 Å². The number of hydrogen-bond donors (Lipinski definition) is 2. The van der Waals surface area contributed by atoms with E-state index in [1.165, 1.54) is 18.4 Å². The van der Waals surface area contributed by atoms with Crippen LogP contribution in [0, 0.1) is 0 Å². The van der Waals surface area contributed by atoms with Crippen LogP contribution in [0.3, 0.4) is 0 Å². The molecule has 0 amide bonds. The zero-order chi connectivity index (χ0) is 12.4. The molecule has 3 nitrogen and oxygen atoms in total. The van der Waals surface area contributed by atoms with Gasteiger partial charge in [0.1, 0.15) is 5.76 Å². The van der Waals surface area contributed by atoms with E-state index in [1.54, 1.807) is 6.26 Å². The molecule has 0 atom stereocenters. The van der Waals surface area contributed by atoms with Gasteiger partial charge in [-0.15, -0.1) is 0 Å². The second kappa shape index (κ2) is 4.50. The largest absolute Gasteiger partial charge is 0.468 e. The predicted molar refractivity (Wildman–Crippen MR) is 72.2 cm³/mol. The first-order valence-electron chi connectivity index (χ1n) is 6.38. The standard InChI is InChI=1S/C15H18N2O/c16-13-5-3-12(4-6-13)15(7-8-15)11-17-10-14-2-1-9-18-14/h1-6,9,17H,7-8,10-11,16H2. The molecule has 0 radical (unpaired) electrons. The summed E-state index contributed by atoms with van der Waals surface area (Å²) in [5.74, 6) is 0.989. The Morgan fingerprint density at radius 2 is 1.94 bits per heavy atom. The lowest BCUT2D eigenvalue weighted by Gasteiger charge is -2.16. The summed E-state index contributed by atoms with van der Waals surface area (Å²) in [4.78, 5) is 0. The van der Waals surface area contributed by atoms with E-state index in [-0.39, 0.29) is 0 Å². The summed E-state index contributed by atoms with van der Waals surface area (Å²) in [6.07, 6.45) is 4.22. The van der Waals surface area contributed by atoms with E-state index in [0.29, 0.717) is 5.41 Å². The number of rotatable bonds is 5. The van der Waals surface area contributed by atoms with Crippen LogP contribution in [0.4, 0.5) is 5.69 Å². The fraction of sp³-hybridized carbons (Fsp3) is 0.333. The lowest BCUT2D eigenvalue weighted by molar-refractivity contribution is 0.469. The minimum Gasteiger partial charge on any atom is -0.468 e. The average molecular weight is 242 g/mol. The zero-order valence-corrected chi connectivity index (χ0v) is 10.4. The minimum atomic E-state index is 0.320. The quantitative estimate of drug-likeness (QED) is 0.793. The highest BCUT2D eigenvalue weighted by Gasteiger charge is 2.43. The van der Waals surface area contributed by atoms with Crippen molar-refractivity contribution >= 4 is 5.69 Å². The molecule has 0 unspecified atom stereocenters. The van der Waals surface area contributed by atoms with E-state index >= 15 is 0 Å². The lowest BCUT2D eigenvalue weighted by atomic mass is 9.96. The van der Waals surface area contributed by atoms with Gasteiger partial charge >= 0.3 is 0 Å². The van der Waals surface area contributed by atoms with Crippen molar-refractivity contribution in [1.29, 1.82) is 0 Å². The molecule has 3 N–H and O–H groups in total. The third kappa shape index (κ3) is 2.27. The fourth-order valence-electron chi connectivity index (χ4n) is 2.39. The van der Waals surface area contributed by atoms with Crippen molar-refractivity contribution in [1.82, 2.24) is 5.32 Å². The molecule has 0 spiro atoms. The molecule has 0 bridgehead atoms. The highest BCUT2D eigenvalue weighted by Crippen LogP contribution is 2.47. The molecule has 3 heteroatoms. The second-order valence-electron chi connectivity index (χ2n) is 5.09. The van der Waals surface area contributed by atoms with Gasteiger partial charge in [-0.1, -0.05) is 12.1 Å². The SMILES string of the molecule is Nc1ccc(C2(CNCc3ccco3)CC2)cc1. The first kappa shape index (κ1) is 11.4. The van der Waals surface area contributed by atoms with Gasteiger partial charge in [0, 0.05) is 17.6 Å². The molecule has 1 aromatic heterocycles. The van der Waals surface area contributed by atoms with Gasteiger partial charge in [0.15, 0.2) is 0 Å². The van der Waals surface area contributed by atoms with Crippen LogP contribution in [0.1, 0.15) is 24.2 Å². The number of nitrogens with one attached hydrogen (secondary N) is 1. The molecule has 0 saturated heterocycles. The van der Waals surface area contributed by atoms with Crippen molar-refractivity contribution in [3.05, 3.63) is 54.0 Å². The van der Waals surface area contributed by atoms with Crippen molar-refractivity contribution in [2.75, 3.05) is 12.3 Å². The molecule has 1 heterocycles. The molecule has 18 heavy (non-hydrogen) atoms. The Bertz CT molecular complexity index is 498. The Kier molecular flexibility index (Phi) is 2.84. The van der Waals surface area contributed by atoms with Crippen molar-refractivity contribution in [3.8, 4) is 0 Å². The van der Waals surface area contributed by atoms with Crippen LogP contribution < -0.4 is 11.1 Å². The van der Waals surface area contributed by atoms with E-state index in [4.69, 9.17) is 10.2 Å². The smallest absolute Gasteiger partial charge is 0.117 e. The monoisotopic (exact) mass is 242 g/mol. The van der Waals surface area contributed by atoms with Gasteiger partial charge in [0.05, 0.1) is 12.8 Å². The topological polar surface area (TPSA) is 51.2 Å². The molecule has 2 aromatic rings. The fourth-order valence-corrected chi connectivity index (χ4v) is 2.39. The van der Waals surface area contributed by atoms with Crippen LogP contribution in [-0.2, 0) is 12.0 Å². The maximum absolute atomic E-state index is 5.73. The molecular formula is C15H18N2O. The number of hydrogen-bond acceptors (Lipinski definition) is 3. The van der Waals surface area contributed by atoms with Crippen LogP contribution in [0.2, 0.25) is 0 Å². The summed E-state index contributed by atoms with van der Waals surface area (Å²) in [7, 11) is 0. The van der Waals surface area contributed by atoms with E-state index in [2.05, 4.69) is 17.4 Å². The maximum atomic E-state index is 5.73. The van der Waals surface area contributed by atoms with Gasteiger partial charge in [-0.2, -0.15) is 0 Å². The molecule has 1 saturated carbocycles. The van der Waals surface area contributed by atoms with E-state index in [9.17, 15) is 0 Å². The van der Waals surface area contributed by atoms with Crippen LogP contribution in [0.5, 0.6) is 0 Å². The third-order valence-corrected chi connectivity index (χ3v) is 3.72. The predicted octanol–water partition coefficient (Wildman–Crippen LogP) is 2.68. The van der Waals surface area contributed by atoms with E-state index < -0.39 is 0 Å². The molecule has 94 valence electrons. The summed E-state index contributed by atoms with van der Waals surface area (Å²) in [6, 6.07) is 12.2. The number of benzene rings is 1. The highest BCUT2D eigenvalue weighted by atomic mass is 16.3. The van der Waals surface area contributed by atoms with Gasteiger partial charge in [-0.05, 0) is 42.7 Å². The summed E-state index contributed by atoms with van der Waals surface area (Å²) >= 11 is 0. The Morgan fingerprint density at radius 1 is 1.17 bits per heavy atom. The van der Waals surface area contributed by atoms with Gasteiger partial charge in [0.2, 0.25) is 0 Å². The maximum Gasteiger partial charge on any atom is 0.117 e. The number of anilines is 1.